The van der Waals surface area contributed by atoms with Gasteiger partial charge in [0.05, 0.1) is 6.20 Å². The first-order valence-electron chi connectivity index (χ1n) is 5.16. The summed E-state index contributed by atoms with van der Waals surface area (Å²) >= 11 is 0. The first-order chi connectivity index (χ1) is 6.42. The van der Waals surface area contributed by atoms with E-state index in [1.807, 2.05) is 6.07 Å². The molecule has 2 saturated carbocycles. The molecule has 13 heavy (non-hydrogen) atoms. The molecule has 2 aliphatic rings. The minimum absolute atomic E-state index is 0.662. The van der Waals surface area contributed by atoms with E-state index >= 15 is 0 Å². The average Bonchev–Trinajstić information content (AvgIpc) is 3.00. The van der Waals surface area contributed by atoms with Crippen LogP contribution in [-0.4, -0.2) is 9.97 Å². The van der Waals surface area contributed by atoms with Crippen LogP contribution in [0.2, 0.25) is 0 Å². The summed E-state index contributed by atoms with van der Waals surface area (Å²) in [5.74, 6) is 2.61. The minimum atomic E-state index is 0.662. The third-order valence-electron chi connectivity index (χ3n) is 2.81. The molecule has 0 amide bonds. The van der Waals surface area contributed by atoms with Crippen LogP contribution in [0.15, 0.2) is 6.07 Å². The van der Waals surface area contributed by atoms with Gasteiger partial charge in [-0.25, -0.2) is 9.97 Å². The van der Waals surface area contributed by atoms with E-state index < -0.39 is 0 Å². The summed E-state index contributed by atoms with van der Waals surface area (Å²) in [6.07, 6.45) is 9.46. The standard InChI is InChI=1S/C11H13N2/c1-2-8(1)7-10-5-6-12-11(13-10)9-3-4-9/h5,8-9H,1-4,7H2. The average molecular weight is 173 g/mol. The molecule has 0 N–H and O–H groups in total. The summed E-state index contributed by atoms with van der Waals surface area (Å²) < 4.78 is 0. The Bertz CT molecular complexity index is 314. The highest BCUT2D eigenvalue weighted by Gasteiger charge is 2.27. The minimum Gasteiger partial charge on any atom is -0.238 e. The zero-order valence-corrected chi connectivity index (χ0v) is 7.66. The first-order valence-corrected chi connectivity index (χ1v) is 5.16. The topological polar surface area (TPSA) is 25.8 Å². The van der Waals surface area contributed by atoms with Crippen LogP contribution >= 0.6 is 0 Å². The zero-order valence-electron chi connectivity index (χ0n) is 7.66. The van der Waals surface area contributed by atoms with Gasteiger partial charge in [0, 0.05) is 11.6 Å². The molecule has 2 nitrogen and oxygen atoms in total. The molecule has 0 bridgehead atoms. The van der Waals surface area contributed by atoms with Crippen molar-refractivity contribution in [1.29, 1.82) is 0 Å². The molecule has 0 saturated heterocycles. The molecule has 0 aromatic carbocycles. The molecule has 2 heteroatoms. The van der Waals surface area contributed by atoms with Gasteiger partial charge in [-0.05, 0) is 44.1 Å². The normalized spacial score (nSPS) is 21.8. The van der Waals surface area contributed by atoms with Gasteiger partial charge in [-0.2, -0.15) is 0 Å². The summed E-state index contributed by atoms with van der Waals surface area (Å²) in [4.78, 5) is 8.77. The first kappa shape index (κ1) is 7.48. The molecule has 1 aromatic heterocycles. The Morgan fingerprint density at radius 1 is 1.31 bits per heavy atom. The fraction of sp³-hybridized carbons (Fsp3) is 0.636. The highest BCUT2D eigenvalue weighted by molar-refractivity contribution is 5.10. The largest absolute Gasteiger partial charge is 0.238 e. The van der Waals surface area contributed by atoms with Gasteiger partial charge in [0.1, 0.15) is 5.82 Å². The highest BCUT2D eigenvalue weighted by atomic mass is 14.9. The van der Waals surface area contributed by atoms with E-state index in [9.17, 15) is 0 Å². The van der Waals surface area contributed by atoms with E-state index in [4.69, 9.17) is 0 Å². The van der Waals surface area contributed by atoms with Crippen molar-refractivity contribution in [2.75, 3.05) is 0 Å². The fourth-order valence-electron chi connectivity index (χ4n) is 1.62. The van der Waals surface area contributed by atoms with Crippen molar-refractivity contribution in [3.05, 3.63) is 23.8 Å². The lowest BCUT2D eigenvalue weighted by Gasteiger charge is -2.00. The fourth-order valence-corrected chi connectivity index (χ4v) is 1.62. The third kappa shape index (κ3) is 1.71. The molecule has 0 atom stereocenters. The highest BCUT2D eigenvalue weighted by Crippen LogP contribution is 2.38. The Kier molecular flexibility index (Phi) is 1.61. The molecule has 3 rings (SSSR count). The van der Waals surface area contributed by atoms with E-state index in [0.29, 0.717) is 5.92 Å². The maximum Gasteiger partial charge on any atom is 0.132 e. The van der Waals surface area contributed by atoms with E-state index in [-0.39, 0.29) is 0 Å². The molecular formula is C11H13N2. The van der Waals surface area contributed by atoms with Crippen LogP contribution in [0.25, 0.3) is 0 Å². The van der Waals surface area contributed by atoms with Crippen molar-refractivity contribution in [2.45, 2.75) is 38.0 Å². The van der Waals surface area contributed by atoms with Crippen LogP contribution in [-0.2, 0) is 6.42 Å². The quantitative estimate of drug-likeness (QED) is 0.699. The van der Waals surface area contributed by atoms with Gasteiger partial charge < -0.3 is 0 Å². The van der Waals surface area contributed by atoms with E-state index in [2.05, 4.69) is 16.2 Å². The molecule has 1 aromatic rings. The van der Waals surface area contributed by atoms with Crippen LogP contribution in [0.1, 0.15) is 43.1 Å². The number of hydrogen-bond acceptors (Lipinski definition) is 2. The Labute approximate surface area is 78.4 Å². The monoisotopic (exact) mass is 173 g/mol. The molecule has 2 fully saturated rings. The number of rotatable bonds is 3. The Balaban J connectivity index is 1.79. The predicted molar refractivity (Wildman–Crippen MR) is 49.3 cm³/mol. The number of aromatic nitrogens is 2. The van der Waals surface area contributed by atoms with Gasteiger partial charge in [-0.1, -0.05) is 0 Å². The Morgan fingerprint density at radius 3 is 2.85 bits per heavy atom. The zero-order chi connectivity index (χ0) is 8.67. The second kappa shape index (κ2) is 2.79. The second-order valence-corrected chi connectivity index (χ2v) is 4.27. The third-order valence-corrected chi connectivity index (χ3v) is 2.81. The lowest BCUT2D eigenvalue weighted by molar-refractivity contribution is 0.776. The van der Waals surface area contributed by atoms with Crippen molar-refractivity contribution >= 4 is 0 Å². The van der Waals surface area contributed by atoms with Gasteiger partial charge in [-0.15, -0.1) is 0 Å². The second-order valence-electron chi connectivity index (χ2n) is 4.27. The van der Waals surface area contributed by atoms with E-state index in [1.54, 1.807) is 0 Å². The van der Waals surface area contributed by atoms with Crippen LogP contribution < -0.4 is 0 Å². The number of nitrogens with zero attached hydrogens (tertiary/aromatic N) is 2. The molecule has 67 valence electrons. The van der Waals surface area contributed by atoms with Gasteiger partial charge in [0.25, 0.3) is 0 Å². The number of hydrogen-bond donors (Lipinski definition) is 0. The summed E-state index contributed by atoms with van der Waals surface area (Å²) in [5, 5.41) is 0. The Hall–Kier alpha value is -0.920. The lowest BCUT2D eigenvalue weighted by Crippen LogP contribution is -1.98. The van der Waals surface area contributed by atoms with Crippen LogP contribution in [0.3, 0.4) is 0 Å². The van der Waals surface area contributed by atoms with Crippen molar-refractivity contribution in [3.63, 3.8) is 0 Å². The SMILES string of the molecule is [c]1cc(CC2CC2)nc(C2CC2)n1. The van der Waals surface area contributed by atoms with Crippen LogP contribution in [0, 0.1) is 12.1 Å². The predicted octanol–water partition coefficient (Wildman–Crippen LogP) is 2.11. The van der Waals surface area contributed by atoms with Crippen molar-refractivity contribution in [3.8, 4) is 0 Å². The van der Waals surface area contributed by atoms with Crippen molar-refractivity contribution < 1.29 is 0 Å². The molecular weight excluding hydrogens is 160 g/mol. The molecule has 0 aliphatic heterocycles. The Morgan fingerprint density at radius 2 is 2.15 bits per heavy atom. The van der Waals surface area contributed by atoms with Gasteiger partial charge in [-0.3, -0.25) is 0 Å². The van der Waals surface area contributed by atoms with E-state index in [0.717, 1.165) is 18.2 Å². The van der Waals surface area contributed by atoms with E-state index in [1.165, 1.54) is 31.4 Å². The molecule has 1 radical (unpaired) electrons. The maximum atomic E-state index is 4.57. The summed E-state index contributed by atoms with van der Waals surface area (Å²) in [5.41, 5.74) is 1.21. The molecule has 1 heterocycles. The molecule has 0 unspecified atom stereocenters. The lowest BCUT2D eigenvalue weighted by atomic mass is 10.2. The maximum absolute atomic E-state index is 4.57. The smallest absolute Gasteiger partial charge is 0.132 e. The van der Waals surface area contributed by atoms with Crippen LogP contribution in [0.4, 0.5) is 0 Å². The summed E-state index contributed by atoms with van der Waals surface area (Å²) in [6, 6.07) is 1.95. The summed E-state index contributed by atoms with van der Waals surface area (Å²) in [6.45, 7) is 0. The van der Waals surface area contributed by atoms with Crippen molar-refractivity contribution in [1.82, 2.24) is 9.97 Å². The molecule has 2 aliphatic carbocycles. The van der Waals surface area contributed by atoms with Crippen LogP contribution in [0.5, 0.6) is 0 Å². The van der Waals surface area contributed by atoms with Gasteiger partial charge in [0.15, 0.2) is 0 Å². The van der Waals surface area contributed by atoms with Gasteiger partial charge in [0.2, 0.25) is 0 Å². The van der Waals surface area contributed by atoms with Gasteiger partial charge >= 0.3 is 0 Å². The summed E-state index contributed by atoms with van der Waals surface area (Å²) in [7, 11) is 0. The molecule has 0 spiro atoms. The van der Waals surface area contributed by atoms with Crippen molar-refractivity contribution in [2.24, 2.45) is 5.92 Å².